The summed E-state index contributed by atoms with van der Waals surface area (Å²) >= 11 is 12.4. The summed E-state index contributed by atoms with van der Waals surface area (Å²) in [5, 5.41) is 0.806. The molecule has 0 aliphatic carbocycles. The first-order chi connectivity index (χ1) is 14.3. The molecule has 6 nitrogen and oxygen atoms in total. The number of aryl methyl sites for hydroxylation is 1. The van der Waals surface area contributed by atoms with Crippen molar-refractivity contribution in [2.45, 2.75) is 13.5 Å². The molecule has 0 aliphatic heterocycles. The lowest BCUT2D eigenvalue weighted by Gasteiger charge is -2.25. The van der Waals surface area contributed by atoms with Gasteiger partial charge in [-0.05, 0) is 42.8 Å². The molecule has 2 aromatic carbocycles. The molecule has 0 spiro atoms. The minimum absolute atomic E-state index is 0.159. The molecule has 0 saturated carbocycles. The SMILES string of the molecule is Cc1cnccc1C(=O)N(Cc1ccccc1OCC(N)=O)c1cc(Cl)cc(Cl)c1. The van der Waals surface area contributed by atoms with Gasteiger partial charge in [0.05, 0.1) is 6.54 Å². The summed E-state index contributed by atoms with van der Waals surface area (Å²) in [5.74, 6) is -0.390. The molecule has 0 bridgehead atoms. The lowest BCUT2D eigenvalue weighted by Crippen LogP contribution is -2.31. The fourth-order valence-corrected chi connectivity index (χ4v) is 3.44. The number of carbonyl (C=O) groups excluding carboxylic acids is 2. The summed E-state index contributed by atoms with van der Waals surface area (Å²) in [6.07, 6.45) is 3.19. The second-order valence-electron chi connectivity index (χ2n) is 6.57. The van der Waals surface area contributed by atoms with Gasteiger partial charge in [-0.25, -0.2) is 0 Å². The Morgan fingerprint density at radius 3 is 2.47 bits per heavy atom. The smallest absolute Gasteiger partial charge is 0.258 e. The molecule has 3 rings (SSSR count). The highest BCUT2D eigenvalue weighted by Gasteiger charge is 2.22. The minimum Gasteiger partial charge on any atom is -0.483 e. The monoisotopic (exact) mass is 443 g/mol. The van der Waals surface area contributed by atoms with Crippen molar-refractivity contribution in [2.75, 3.05) is 11.5 Å². The van der Waals surface area contributed by atoms with E-state index in [1.54, 1.807) is 53.7 Å². The molecule has 0 aliphatic rings. The molecule has 0 unspecified atom stereocenters. The molecule has 0 radical (unpaired) electrons. The van der Waals surface area contributed by atoms with Crippen molar-refractivity contribution in [3.05, 3.63) is 87.7 Å². The number of ether oxygens (including phenoxy) is 1. The van der Waals surface area contributed by atoms with E-state index in [2.05, 4.69) is 4.98 Å². The summed E-state index contributed by atoms with van der Waals surface area (Å²) in [6.45, 7) is 1.71. The van der Waals surface area contributed by atoms with Crippen LogP contribution in [0.1, 0.15) is 21.5 Å². The largest absolute Gasteiger partial charge is 0.483 e. The summed E-state index contributed by atoms with van der Waals surface area (Å²) < 4.78 is 5.52. The first-order valence-electron chi connectivity index (χ1n) is 9.02. The number of hydrogen-bond donors (Lipinski definition) is 1. The Labute approximate surface area is 184 Å². The molecule has 0 saturated heterocycles. The molecule has 2 N–H and O–H groups in total. The zero-order valence-electron chi connectivity index (χ0n) is 16.1. The van der Waals surface area contributed by atoms with E-state index in [1.165, 1.54) is 0 Å². The quantitative estimate of drug-likeness (QED) is 0.585. The van der Waals surface area contributed by atoms with Gasteiger partial charge in [0.2, 0.25) is 0 Å². The summed E-state index contributed by atoms with van der Waals surface area (Å²) in [5.41, 5.74) is 7.64. The van der Waals surface area contributed by atoms with Gasteiger partial charge in [0.25, 0.3) is 11.8 Å². The van der Waals surface area contributed by atoms with Crippen LogP contribution in [0.4, 0.5) is 5.69 Å². The molecule has 154 valence electrons. The van der Waals surface area contributed by atoms with Gasteiger partial charge >= 0.3 is 0 Å². The molecule has 1 heterocycles. The van der Waals surface area contributed by atoms with Crippen molar-refractivity contribution >= 4 is 40.7 Å². The average molecular weight is 444 g/mol. The maximum absolute atomic E-state index is 13.5. The fourth-order valence-electron chi connectivity index (χ4n) is 2.93. The van der Waals surface area contributed by atoms with Crippen LogP contribution < -0.4 is 15.4 Å². The van der Waals surface area contributed by atoms with E-state index in [1.807, 2.05) is 19.1 Å². The molecule has 0 atom stereocenters. The highest BCUT2D eigenvalue weighted by molar-refractivity contribution is 6.35. The van der Waals surface area contributed by atoms with E-state index in [-0.39, 0.29) is 19.1 Å². The van der Waals surface area contributed by atoms with Crippen LogP contribution in [0.15, 0.2) is 60.9 Å². The minimum atomic E-state index is -0.591. The van der Waals surface area contributed by atoms with Crippen molar-refractivity contribution in [3.8, 4) is 5.75 Å². The van der Waals surface area contributed by atoms with Crippen LogP contribution in [-0.2, 0) is 11.3 Å². The number of aromatic nitrogens is 1. The predicted octanol–water partition coefficient (Wildman–Crippen LogP) is 4.41. The van der Waals surface area contributed by atoms with Gasteiger partial charge < -0.3 is 15.4 Å². The van der Waals surface area contributed by atoms with Crippen LogP contribution in [0.5, 0.6) is 5.75 Å². The number of benzene rings is 2. The lowest BCUT2D eigenvalue weighted by molar-refractivity contribution is -0.119. The Bertz CT molecular complexity index is 1070. The summed E-state index contributed by atoms with van der Waals surface area (Å²) in [7, 11) is 0. The van der Waals surface area contributed by atoms with E-state index in [4.69, 9.17) is 33.7 Å². The summed E-state index contributed by atoms with van der Waals surface area (Å²) in [4.78, 5) is 30.2. The first-order valence-corrected chi connectivity index (χ1v) is 9.78. The number of anilines is 1. The van der Waals surface area contributed by atoms with Crippen molar-refractivity contribution in [1.82, 2.24) is 4.98 Å². The topological polar surface area (TPSA) is 85.5 Å². The Balaban J connectivity index is 2.04. The standard InChI is InChI=1S/C22H19Cl2N3O3/c1-14-11-26-7-6-19(14)22(29)27(18-9-16(23)8-17(24)10-18)12-15-4-2-3-5-20(15)30-13-21(25)28/h2-11H,12-13H2,1H3,(H2,25,28). The van der Waals surface area contributed by atoms with E-state index >= 15 is 0 Å². The third-order valence-corrected chi connectivity index (χ3v) is 4.76. The van der Waals surface area contributed by atoms with Crippen LogP contribution in [-0.4, -0.2) is 23.4 Å². The number of pyridine rings is 1. The molecule has 0 fully saturated rings. The fraction of sp³-hybridized carbons (Fsp3) is 0.136. The Morgan fingerprint density at radius 1 is 1.10 bits per heavy atom. The second-order valence-corrected chi connectivity index (χ2v) is 7.45. The van der Waals surface area contributed by atoms with Gasteiger partial charge in [0, 0.05) is 39.3 Å². The molecular weight excluding hydrogens is 425 g/mol. The number of amides is 2. The van der Waals surface area contributed by atoms with Crippen molar-refractivity contribution < 1.29 is 14.3 Å². The third kappa shape index (κ3) is 5.28. The van der Waals surface area contributed by atoms with Gasteiger partial charge in [0.1, 0.15) is 5.75 Å². The van der Waals surface area contributed by atoms with Crippen molar-refractivity contribution in [1.29, 1.82) is 0 Å². The zero-order valence-corrected chi connectivity index (χ0v) is 17.7. The molecule has 2 amide bonds. The van der Waals surface area contributed by atoms with Gasteiger partial charge in [-0.3, -0.25) is 14.6 Å². The summed E-state index contributed by atoms with van der Waals surface area (Å²) in [6, 6.07) is 13.7. The molecular formula is C22H19Cl2N3O3. The van der Waals surface area contributed by atoms with Gasteiger partial charge in [-0.1, -0.05) is 41.4 Å². The number of carbonyl (C=O) groups is 2. The molecule has 8 heteroatoms. The Hall–Kier alpha value is -3.09. The Kier molecular flexibility index (Phi) is 6.92. The number of primary amides is 1. The number of rotatable bonds is 7. The number of nitrogens with two attached hydrogens (primary N) is 1. The highest BCUT2D eigenvalue weighted by Crippen LogP contribution is 2.30. The molecule has 3 aromatic rings. The van der Waals surface area contributed by atoms with Crippen LogP contribution >= 0.6 is 23.2 Å². The van der Waals surface area contributed by atoms with Gasteiger partial charge in [-0.15, -0.1) is 0 Å². The lowest BCUT2D eigenvalue weighted by atomic mass is 10.1. The van der Waals surface area contributed by atoms with E-state index in [9.17, 15) is 9.59 Å². The zero-order chi connectivity index (χ0) is 21.7. The second kappa shape index (κ2) is 9.61. The number of hydrogen-bond acceptors (Lipinski definition) is 4. The van der Waals surface area contributed by atoms with E-state index in [0.29, 0.717) is 32.6 Å². The number of halogens is 2. The maximum Gasteiger partial charge on any atom is 0.258 e. The van der Waals surface area contributed by atoms with Crippen molar-refractivity contribution in [2.24, 2.45) is 5.73 Å². The van der Waals surface area contributed by atoms with Crippen LogP contribution in [0, 0.1) is 6.92 Å². The number of para-hydroxylation sites is 1. The van der Waals surface area contributed by atoms with E-state index in [0.717, 1.165) is 5.56 Å². The van der Waals surface area contributed by atoms with Gasteiger partial charge in [0.15, 0.2) is 6.61 Å². The van der Waals surface area contributed by atoms with Crippen LogP contribution in [0.3, 0.4) is 0 Å². The van der Waals surface area contributed by atoms with Crippen LogP contribution in [0.2, 0.25) is 10.0 Å². The van der Waals surface area contributed by atoms with E-state index < -0.39 is 5.91 Å². The Morgan fingerprint density at radius 2 is 1.80 bits per heavy atom. The number of nitrogens with zero attached hydrogens (tertiary/aromatic N) is 2. The normalized spacial score (nSPS) is 10.5. The average Bonchev–Trinajstić information content (AvgIpc) is 2.70. The van der Waals surface area contributed by atoms with Gasteiger partial charge in [-0.2, -0.15) is 0 Å². The predicted molar refractivity (Wildman–Crippen MR) is 117 cm³/mol. The maximum atomic E-state index is 13.5. The third-order valence-electron chi connectivity index (χ3n) is 4.33. The first kappa shape index (κ1) is 21.6. The molecule has 1 aromatic heterocycles. The molecule has 30 heavy (non-hydrogen) atoms. The highest BCUT2D eigenvalue weighted by atomic mass is 35.5. The van der Waals surface area contributed by atoms with Crippen molar-refractivity contribution in [3.63, 3.8) is 0 Å². The van der Waals surface area contributed by atoms with Crippen LogP contribution in [0.25, 0.3) is 0 Å².